The monoisotopic (exact) mass is 352 g/mol. The standard InChI is InChI=1S/C16H24N4O3S/c1-13(2)11-18-5-7-19(8-6-18)16(21)14-3-4-15-17-24(22,23)10-9-20(15)12-14/h3-4,12-13H,5-11H2,1-2H3. The van der Waals surface area contributed by atoms with Gasteiger partial charge in [-0.05, 0) is 18.1 Å². The summed E-state index contributed by atoms with van der Waals surface area (Å²) in [6.07, 6.45) is 4.99. The Labute approximate surface area is 143 Å². The average molecular weight is 352 g/mol. The highest BCUT2D eigenvalue weighted by Crippen LogP contribution is 2.18. The Morgan fingerprint density at radius 2 is 1.88 bits per heavy atom. The molecule has 132 valence electrons. The van der Waals surface area contributed by atoms with Gasteiger partial charge in [0.2, 0.25) is 0 Å². The largest absolute Gasteiger partial charge is 0.336 e. The van der Waals surface area contributed by atoms with E-state index in [9.17, 15) is 13.2 Å². The van der Waals surface area contributed by atoms with Gasteiger partial charge in [-0.2, -0.15) is 0 Å². The molecule has 0 aromatic rings. The third kappa shape index (κ3) is 3.87. The third-order valence-electron chi connectivity index (χ3n) is 4.35. The van der Waals surface area contributed by atoms with Crippen molar-refractivity contribution in [3.05, 3.63) is 23.9 Å². The summed E-state index contributed by atoms with van der Waals surface area (Å²) < 4.78 is 26.8. The van der Waals surface area contributed by atoms with Crippen molar-refractivity contribution in [1.82, 2.24) is 14.7 Å². The number of rotatable bonds is 3. The Bertz CT molecular complexity index is 701. The molecule has 0 saturated carbocycles. The van der Waals surface area contributed by atoms with Gasteiger partial charge in [-0.3, -0.25) is 9.69 Å². The lowest BCUT2D eigenvalue weighted by Gasteiger charge is -2.36. The SMILES string of the molecule is CC(C)CN1CCN(C(=O)C2=CN3CCS(=O)(=O)N=C3C=C2)CC1. The first-order valence-corrected chi connectivity index (χ1v) is 9.96. The first kappa shape index (κ1) is 17.2. The highest BCUT2D eigenvalue weighted by molar-refractivity contribution is 7.90. The van der Waals surface area contributed by atoms with Crippen molar-refractivity contribution < 1.29 is 13.2 Å². The van der Waals surface area contributed by atoms with E-state index in [0.29, 0.717) is 23.9 Å². The van der Waals surface area contributed by atoms with E-state index in [0.717, 1.165) is 32.7 Å². The molecule has 0 bridgehead atoms. The average Bonchev–Trinajstić information content (AvgIpc) is 2.53. The first-order chi connectivity index (χ1) is 11.3. The number of hydrogen-bond acceptors (Lipinski definition) is 5. The van der Waals surface area contributed by atoms with Gasteiger partial charge in [0.1, 0.15) is 5.84 Å². The minimum atomic E-state index is -3.36. The van der Waals surface area contributed by atoms with Crippen LogP contribution in [0.15, 0.2) is 28.3 Å². The number of amidine groups is 1. The molecule has 0 atom stereocenters. The van der Waals surface area contributed by atoms with Crippen molar-refractivity contribution in [2.24, 2.45) is 10.3 Å². The fraction of sp³-hybridized carbons (Fsp3) is 0.625. The molecule has 7 nitrogen and oxygen atoms in total. The van der Waals surface area contributed by atoms with Gasteiger partial charge in [0.05, 0.1) is 11.3 Å². The van der Waals surface area contributed by atoms with E-state index in [2.05, 4.69) is 23.1 Å². The molecule has 3 aliphatic rings. The number of nitrogens with zero attached hydrogens (tertiary/aromatic N) is 4. The minimum absolute atomic E-state index is 0.00271. The van der Waals surface area contributed by atoms with Crippen LogP contribution >= 0.6 is 0 Å². The second kappa shape index (κ2) is 6.68. The summed E-state index contributed by atoms with van der Waals surface area (Å²) in [7, 11) is -3.36. The lowest BCUT2D eigenvalue weighted by molar-refractivity contribution is -0.128. The summed E-state index contributed by atoms with van der Waals surface area (Å²) in [5.74, 6) is 1.00. The maximum Gasteiger partial charge on any atom is 0.256 e. The number of amides is 1. The van der Waals surface area contributed by atoms with Crippen LogP contribution in [-0.4, -0.2) is 79.9 Å². The normalized spacial score (nSPS) is 23.8. The Hall–Kier alpha value is -1.67. The van der Waals surface area contributed by atoms with Crippen LogP contribution in [0.1, 0.15) is 13.8 Å². The van der Waals surface area contributed by atoms with Crippen molar-refractivity contribution in [3.63, 3.8) is 0 Å². The second-order valence-corrected chi connectivity index (χ2v) is 8.59. The fourth-order valence-electron chi connectivity index (χ4n) is 3.16. The van der Waals surface area contributed by atoms with Crippen LogP contribution in [-0.2, 0) is 14.8 Å². The van der Waals surface area contributed by atoms with Crippen LogP contribution in [0.5, 0.6) is 0 Å². The Kier molecular flexibility index (Phi) is 4.78. The van der Waals surface area contributed by atoms with E-state index in [1.165, 1.54) is 0 Å². The molecule has 1 fully saturated rings. The van der Waals surface area contributed by atoms with Crippen LogP contribution in [0.3, 0.4) is 0 Å². The number of sulfonamides is 1. The van der Waals surface area contributed by atoms with Crippen LogP contribution < -0.4 is 0 Å². The Morgan fingerprint density at radius 1 is 1.17 bits per heavy atom. The zero-order valence-corrected chi connectivity index (χ0v) is 15.0. The van der Waals surface area contributed by atoms with Gasteiger partial charge < -0.3 is 9.80 Å². The molecule has 0 spiro atoms. The molecule has 3 rings (SSSR count). The van der Waals surface area contributed by atoms with E-state index in [4.69, 9.17) is 0 Å². The van der Waals surface area contributed by atoms with E-state index < -0.39 is 10.0 Å². The summed E-state index contributed by atoms with van der Waals surface area (Å²) in [5, 5.41) is 0. The lowest BCUT2D eigenvalue weighted by Crippen LogP contribution is -2.50. The predicted octanol–water partition coefficient (Wildman–Crippen LogP) is 0.284. The zero-order chi connectivity index (χ0) is 17.3. The summed E-state index contributed by atoms with van der Waals surface area (Å²) in [4.78, 5) is 18.7. The number of piperazine rings is 1. The molecule has 8 heteroatoms. The van der Waals surface area contributed by atoms with Gasteiger partial charge in [-0.15, -0.1) is 4.40 Å². The van der Waals surface area contributed by atoms with Gasteiger partial charge >= 0.3 is 0 Å². The summed E-state index contributed by atoms with van der Waals surface area (Å²) in [6.45, 7) is 9.06. The third-order valence-corrected chi connectivity index (χ3v) is 5.52. The van der Waals surface area contributed by atoms with Crippen LogP contribution in [0.2, 0.25) is 0 Å². The molecule has 24 heavy (non-hydrogen) atoms. The van der Waals surface area contributed by atoms with Gasteiger partial charge in [0.25, 0.3) is 15.9 Å². The van der Waals surface area contributed by atoms with E-state index in [1.807, 2.05) is 4.90 Å². The smallest absolute Gasteiger partial charge is 0.256 e. The molecule has 0 unspecified atom stereocenters. The number of carbonyl (C=O) groups excluding carboxylic acids is 1. The van der Waals surface area contributed by atoms with E-state index >= 15 is 0 Å². The predicted molar refractivity (Wildman–Crippen MR) is 93.0 cm³/mol. The quantitative estimate of drug-likeness (QED) is 0.730. The molecule has 3 aliphatic heterocycles. The van der Waals surface area contributed by atoms with Crippen molar-refractivity contribution >= 4 is 21.8 Å². The van der Waals surface area contributed by atoms with Crippen LogP contribution in [0, 0.1) is 5.92 Å². The van der Waals surface area contributed by atoms with Gasteiger partial charge in [0, 0.05) is 45.5 Å². The molecule has 0 aromatic carbocycles. The fourth-order valence-corrected chi connectivity index (χ4v) is 4.13. The molecular weight excluding hydrogens is 328 g/mol. The van der Waals surface area contributed by atoms with Crippen molar-refractivity contribution in [3.8, 4) is 0 Å². The topological polar surface area (TPSA) is 73.3 Å². The number of hydrogen-bond donors (Lipinski definition) is 0. The molecule has 0 radical (unpaired) electrons. The molecule has 0 aromatic heterocycles. The molecule has 3 heterocycles. The van der Waals surface area contributed by atoms with Crippen LogP contribution in [0.25, 0.3) is 0 Å². The van der Waals surface area contributed by atoms with Crippen molar-refractivity contribution in [1.29, 1.82) is 0 Å². The van der Waals surface area contributed by atoms with Gasteiger partial charge in [-0.25, -0.2) is 8.42 Å². The van der Waals surface area contributed by atoms with Crippen LogP contribution in [0.4, 0.5) is 0 Å². The van der Waals surface area contributed by atoms with Gasteiger partial charge in [-0.1, -0.05) is 13.8 Å². The molecule has 0 N–H and O–H groups in total. The van der Waals surface area contributed by atoms with Crippen molar-refractivity contribution in [2.75, 3.05) is 45.0 Å². The van der Waals surface area contributed by atoms with E-state index in [-0.39, 0.29) is 11.7 Å². The summed E-state index contributed by atoms with van der Waals surface area (Å²) in [6, 6.07) is 0. The van der Waals surface area contributed by atoms with E-state index in [1.54, 1.807) is 23.3 Å². The molecular formula is C16H24N4O3S. The number of carbonyl (C=O) groups is 1. The zero-order valence-electron chi connectivity index (χ0n) is 14.2. The summed E-state index contributed by atoms with van der Waals surface area (Å²) >= 11 is 0. The molecule has 1 amide bonds. The maximum atomic E-state index is 12.7. The highest BCUT2D eigenvalue weighted by atomic mass is 32.2. The Balaban J connectivity index is 1.63. The van der Waals surface area contributed by atoms with Crippen molar-refractivity contribution in [2.45, 2.75) is 13.8 Å². The second-order valence-electron chi connectivity index (χ2n) is 6.83. The Morgan fingerprint density at radius 3 is 2.54 bits per heavy atom. The highest BCUT2D eigenvalue weighted by Gasteiger charge is 2.28. The number of fused-ring (bicyclic) bond motifs is 1. The first-order valence-electron chi connectivity index (χ1n) is 8.35. The summed E-state index contributed by atoms with van der Waals surface area (Å²) in [5.41, 5.74) is 0.588. The molecule has 1 saturated heterocycles. The van der Waals surface area contributed by atoms with Gasteiger partial charge in [0.15, 0.2) is 0 Å². The molecule has 0 aliphatic carbocycles. The minimum Gasteiger partial charge on any atom is -0.336 e. The maximum absolute atomic E-state index is 12.7. The lowest BCUT2D eigenvalue weighted by atomic mass is 10.1.